The molecule has 17 rings (SSSR count). The molecule has 0 radical (unpaired) electrons. The Hall–Kier alpha value is -8.44. The molecule has 0 N–H and O–H groups in total. The number of hydrogen-bond acceptors (Lipinski definition) is 3. The third-order valence-corrected chi connectivity index (χ3v) is 21.2. The second kappa shape index (κ2) is 16.4. The largest absolute Gasteiger partial charge is 0.311 e. The van der Waals surface area contributed by atoms with Crippen LogP contribution in [0.25, 0.3) is 44.5 Å². The predicted molar refractivity (Wildman–Crippen MR) is 347 cm³/mol. The van der Waals surface area contributed by atoms with Gasteiger partial charge in [0.25, 0.3) is 6.71 Å². The topological polar surface area (TPSA) is 6.48 Å². The first-order chi connectivity index (χ1) is 39.7. The molecule has 2 nitrogen and oxygen atoms in total. The van der Waals surface area contributed by atoms with Gasteiger partial charge in [-0.1, -0.05) is 225 Å². The van der Waals surface area contributed by atoms with Crippen LogP contribution in [0.4, 0.5) is 34.1 Å². The van der Waals surface area contributed by atoms with Crippen LogP contribution in [-0.2, 0) is 21.7 Å². The SMILES string of the molecule is Cc1cc2c3c(c1)N(c1ccc(C(C)C)cc1)c1c(sc4c1-c1ccc(C(C)(C)C)cc1C41c4ccccc4-c4ccccc41)B3c1cc3c(cc1N2c1ccc(C(C)(C)C)cc1)C1(c2ccccc2-c2ccccc21)c1ccccc1-3. The lowest BCUT2D eigenvalue weighted by atomic mass is 9.36. The highest BCUT2D eigenvalue weighted by Crippen LogP contribution is 2.68. The van der Waals surface area contributed by atoms with Crippen molar-refractivity contribution >= 4 is 67.9 Å². The zero-order valence-corrected chi connectivity index (χ0v) is 49.0. The summed E-state index contributed by atoms with van der Waals surface area (Å²) in [7, 11) is 0. The molecule has 6 aliphatic rings. The van der Waals surface area contributed by atoms with Crippen LogP contribution < -0.4 is 25.5 Å². The fourth-order valence-electron chi connectivity index (χ4n) is 16.1. The Morgan fingerprint density at radius 3 is 1.39 bits per heavy atom. The number of rotatable bonds is 3. The van der Waals surface area contributed by atoms with Gasteiger partial charge in [-0.2, -0.15) is 0 Å². The molecule has 0 unspecified atom stereocenters. The fourth-order valence-corrected chi connectivity index (χ4v) is 17.8. The van der Waals surface area contributed by atoms with Gasteiger partial charge in [0.15, 0.2) is 0 Å². The molecule has 82 heavy (non-hydrogen) atoms. The average Bonchev–Trinajstić information content (AvgIpc) is 2.02. The number of anilines is 6. The summed E-state index contributed by atoms with van der Waals surface area (Å²) >= 11 is 2.09. The molecule has 2 spiro atoms. The van der Waals surface area contributed by atoms with E-state index in [4.69, 9.17) is 0 Å². The van der Waals surface area contributed by atoms with Crippen LogP contribution in [0.3, 0.4) is 0 Å². The average molecular weight is 1070 g/mol. The zero-order chi connectivity index (χ0) is 55.5. The summed E-state index contributed by atoms with van der Waals surface area (Å²) in [6.45, 7) is 20.9. The van der Waals surface area contributed by atoms with Gasteiger partial charge < -0.3 is 9.80 Å². The van der Waals surface area contributed by atoms with Crippen molar-refractivity contribution in [3.63, 3.8) is 0 Å². The quantitative estimate of drug-likeness (QED) is 0.163. The van der Waals surface area contributed by atoms with Gasteiger partial charge in [0.05, 0.1) is 16.5 Å². The summed E-state index contributed by atoms with van der Waals surface area (Å²) in [5.41, 5.74) is 34.6. The molecule has 4 heteroatoms. The maximum Gasteiger partial charge on any atom is 0.264 e. The maximum absolute atomic E-state index is 2.71. The van der Waals surface area contributed by atoms with Gasteiger partial charge in [-0.25, -0.2) is 0 Å². The Bertz CT molecular complexity index is 4510. The lowest BCUT2D eigenvalue weighted by Gasteiger charge is -2.44. The van der Waals surface area contributed by atoms with E-state index >= 15 is 0 Å². The van der Waals surface area contributed by atoms with Crippen molar-refractivity contribution < 1.29 is 0 Å². The number of fused-ring (bicyclic) bond motifs is 25. The maximum atomic E-state index is 2.71. The Labute approximate surface area is 487 Å². The van der Waals surface area contributed by atoms with Crippen molar-refractivity contribution in [2.45, 2.75) is 89.9 Å². The molecule has 2 aliphatic heterocycles. The van der Waals surface area contributed by atoms with Crippen LogP contribution in [0.1, 0.15) is 127 Å². The molecule has 0 fully saturated rings. The molecule has 394 valence electrons. The first kappa shape index (κ1) is 48.3. The summed E-state index contributed by atoms with van der Waals surface area (Å²) < 4.78 is 1.41. The van der Waals surface area contributed by atoms with E-state index < -0.39 is 10.8 Å². The molecule has 4 aliphatic carbocycles. The van der Waals surface area contributed by atoms with E-state index in [2.05, 4.69) is 296 Å². The minimum atomic E-state index is -0.524. The standard InChI is InChI=1S/C78H63BN2S/c1-45(2)47-30-35-51(36-31-47)81-69-41-46(3)40-68-71(69)79(74-72(81)70-57-39-34-49(76(7,8)9)42-64(57)78(73(70)82-74)62-28-18-12-22-54(62)55-23-13-19-29-63(55)78)66-43-58-56-24-14-17-27-61(56)77(59-25-15-10-20-52(59)53-21-11-16-26-60(53)77)65(58)44-67(66)80(68)50-37-32-48(33-38-50)75(4,5)6/h10-45H,1-9H3. The fraction of sp³-hybridized carbons (Fsp3) is 0.179. The van der Waals surface area contributed by atoms with Gasteiger partial charge in [0.1, 0.15) is 0 Å². The molecular weight excluding hydrogens is 1010 g/mol. The van der Waals surface area contributed by atoms with Crippen molar-refractivity contribution in [3.8, 4) is 44.5 Å². The minimum absolute atomic E-state index is 0.000393. The van der Waals surface area contributed by atoms with Gasteiger partial charge in [0, 0.05) is 43.7 Å². The first-order valence-electron chi connectivity index (χ1n) is 29.6. The van der Waals surface area contributed by atoms with Crippen LogP contribution in [-0.4, -0.2) is 6.71 Å². The summed E-state index contributed by atoms with van der Waals surface area (Å²) in [6, 6.07) is 83.6. The highest BCUT2D eigenvalue weighted by molar-refractivity contribution is 7.30. The van der Waals surface area contributed by atoms with E-state index in [0.717, 1.165) is 0 Å². The Morgan fingerprint density at radius 1 is 0.415 bits per heavy atom. The summed E-state index contributed by atoms with van der Waals surface area (Å²) in [5, 5.41) is 0. The van der Waals surface area contributed by atoms with Crippen LogP contribution in [0.2, 0.25) is 0 Å². The molecule has 1 aromatic heterocycles. The second-order valence-corrected chi connectivity index (χ2v) is 27.6. The van der Waals surface area contributed by atoms with E-state index in [1.54, 1.807) is 0 Å². The highest BCUT2D eigenvalue weighted by atomic mass is 32.1. The molecule has 3 heterocycles. The third kappa shape index (κ3) is 6.01. The van der Waals surface area contributed by atoms with Crippen LogP contribution in [0, 0.1) is 6.92 Å². The van der Waals surface area contributed by atoms with Gasteiger partial charge in [-0.05, 0) is 177 Å². The molecule has 0 amide bonds. The van der Waals surface area contributed by atoms with E-state index in [1.165, 1.54) is 160 Å². The monoisotopic (exact) mass is 1070 g/mol. The van der Waals surface area contributed by atoms with Gasteiger partial charge in [-0.3, -0.25) is 0 Å². The lowest BCUT2D eigenvalue weighted by molar-refractivity contribution is 0.588. The number of hydrogen-bond donors (Lipinski definition) is 0. The highest BCUT2D eigenvalue weighted by Gasteiger charge is 2.58. The van der Waals surface area contributed by atoms with Crippen LogP contribution in [0.15, 0.2) is 212 Å². The minimum Gasteiger partial charge on any atom is -0.311 e. The van der Waals surface area contributed by atoms with Crippen LogP contribution in [0.5, 0.6) is 0 Å². The Kier molecular flexibility index (Phi) is 9.65. The van der Waals surface area contributed by atoms with Gasteiger partial charge >= 0.3 is 0 Å². The van der Waals surface area contributed by atoms with Gasteiger partial charge in [0.2, 0.25) is 0 Å². The van der Waals surface area contributed by atoms with Gasteiger partial charge in [-0.15, -0.1) is 11.3 Å². The molecule has 0 atom stereocenters. The number of thiophene rings is 1. The predicted octanol–water partition coefficient (Wildman–Crippen LogP) is 18.5. The lowest BCUT2D eigenvalue weighted by Crippen LogP contribution is -2.60. The number of aryl methyl sites for hydroxylation is 1. The normalized spacial score (nSPS) is 15.4. The summed E-state index contributed by atoms with van der Waals surface area (Å²) in [4.78, 5) is 6.80. The van der Waals surface area contributed by atoms with Crippen molar-refractivity contribution in [1.82, 2.24) is 0 Å². The van der Waals surface area contributed by atoms with E-state index in [-0.39, 0.29) is 17.5 Å². The van der Waals surface area contributed by atoms with E-state index in [1.807, 2.05) is 0 Å². The first-order valence-corrected chi connectivity index (χ1v) is 30.5. The Balaban J connectivity index is 1.03. The third-order valence-electron chi connectivity index (χ3n) is 19.8. The molecule has 0 saturated heterocycles. The molecular formula is C78H63BN2S. The van der Waals surface area contributed by atoms with E-state index in [0.29, 0.717) is 5.92 Å². The molecule has 11 aromatic rings. The van der Waals surface area contributed by atoms with E-state index in [9.17, 15) is 0 Å². The van der Waals surface area contributed by atoms with Crippen molar-refractivity contribution in [2.75, 3.05) is 9.80 Å². The summed E-state index contributed by atoms with van der Waals surface area (Å²) in [5.74, 6) is 0.408. The molecule has 10 aromatic carbocycles. The van der Waals surface area contributed by atoms with Crippen molar-refractivity contribution in [2.24, 2.45) is 0 Å². The Morgan fingerprint density at radius 2 is 0.866 bits per heavy atom. The number of benzene rings is 10. The van der Waals surface area contributed by atoms with Crippen LogP contribution >= 0.6 is 11.3 Å². The van der Waals surface area contributed by atoms with Crippen molar-refractivity contribution in [1.29, 1.82) is 0 Å². The smallest absolute Gasteiger partial charge is 0.264 e. The molecule has 0 bridgehead atoms. The zero-order valence-electron chi connectivity index (χ0n) is 48.2. The summed E-state index contributed by atoms with van der Waals surface area (Å²) in [6.07, 6.45) is 0. The molecule has 0 saturated carbocycles. The van der Waals surface area contributed by atoms with Crippen molar-refractivity contribution in [3.05, 3.63) is 278 Å². The number of nitrogens with zero attached hydrogens (tertiary/aromatic N) is 2. The second-order valence-electron chi connectivity index (χ2n) is 26.6.